The van der Waals surface area contributed by atoms with Gasteiger partial charge in [0.2, 0.25) is 0 Å². The third kappa shape index (κ3) is 2.99. The van der Waals surface area contributed by atoms with Crippen LogP contribution in [0.5, 0.6) is 5.75 Å². The molecular weight excluding hydrogens is 210 g/mol. The Morgan fingerprint density at radius 1 is 1.36 bits per heavy atom. The second-order valence-corrected chi connectivity index (χ2v) is 2.80. The van der Waals surface area contributed by atoms with Gasteiger partial charge in [-0.15, -0.1) is 0 Å². The molecular formula is C9H8F2O2S. The van der Waals surface area contributed by atoms with Gasteiger partial charge in [0.05, 0.1) is 5.75 Å². The highest BCUT2D eigenvalue weighted by Crippen LogP contribution is 2.15. The molecule has 2 nitrogen and oxygen atoms in total. The summed E-state index contributed by atoms with van der Waals surface area (Å²) in [5, 5.41) is 0. The lowest BCUT2D eigenvalue weighted by Crippen LogP contribution is -2.03. The van der Waals surface area contributed by atoms with Crippen molar-refractivity contribution in [1.82, 2.24) is 0 Å². The molecule has 1 aromatic carbocycles. The molecule has 0 spiro atoms. The molecule has 76 valence electrons. The standard InChI is InChI=1S/C9H8F2O2S/c10-9(11)13-7-3-1-6(2-4-7)8(12)5-14/h1-4,9,14H,5H2. The molecule has 1 aromatic rings. The molecule has 0 heterocycles. The van der Waals surface area contributed by atoms with Crippen LogP contribution in [-0.2, 0) is 0 Å². The largest absolute Gasteiger partial charge is 0.435 e. The molecule has 0 aromatic heterocycles. The number of Topliss-reactive ketones (excluding diaryl/α,β-unsaturated/α-hetero) is 1. The molecule has 0 saturated heterocycles. The van der Waals surface area contributed by atoms with E-state index in [1.54, 1.807) is 0 Å². The van der Waals surface area contributed by atoms with E-state index in [1.165, 1.54) is 24.3 Å². The first-order chi connectivity index (χ1) is 6.63. The van der Waals surface area contributed by atoms with Gasteiger partial charge in [0, 0.05) is 5.56 Å². The minimum absolute atomic E-state index is 0.0377. The molecule has 5 heteroatoms. The summed E-state index contributed by atoms with van der Waals surface area (Å²) in [5.41, 5.74) is 0.432. The summed E-state index contributed by atoms with van der Waals surface area (Å²) in [6, 6.07) is 5.50. The third-order valence-corrected chi connectivity index (χ3v) is 1.83. The molecule has 1 rings (SSSR count). The van der Waals surface area contributed by atoms with Crippen molar-refractivity contribution in [2.24, 2.45) is 0 Å². The first-order valence-electron chi connectivity index (χ1n) is 3.82. The highest BCUT2D eigenvalue weighted by molar-refractivity contribution is 7.81. The van der Waals surface area contributed by atoms with Crippen molar-refractivity contribution in [3.05, 3.63) is 29.8 Å². The van der Waals surface area contributed by atoms with Crippen molar-refractivity contribution >= 4 is 18.4 Å². The summed E-state index contributed by atoms with van der Waals surface area (Å²) in [7, 11) is 0. The Kier molecular flexibility index (Phi) is 3.88. The van der Waals surface area contributed by atoms with E-state index < -0.39 is 6.61 Å². The van der Waals surface area contributed by atoms with Crippen LogP contribution in [0.25, 0.3) is 0 Å². The van der Waals surface area contributed by atoms with Crippen LogP contribution in [0.2, 0.25) is 0 Å². The van der Waals surface area contributed by atoms with E-state index in [0.29, 0.717) is 5.56 Å². The van der Waals surface area contributed by atoms with Crippen LogP contribution in [-0.4, -0.2) is 18.1 Å². The number of carbonyl (C=O) groups is 1. The SMILES string of the molecule is O=C(CS)c1ccc(OC(F)F)cc1. The topological polar surface area (TPSA) is 26.3 Å². The van der Waals surface area contributed by atoms with Gasteiger partial charge in [0.15, 0.2) is 5.78 Å². The van der Waals surface area contributed by atoms with Crippen LogP contribution in [0.3, 0.4) is 0 Å². The fraction of sp³-hybridized carbons (Fsp3) is 0.222. The van der Waals surface area contributed by atoms with Crippen molar-refractivity contribution in [3.63, 3.8) is 0 Å². The average Bonchev–Trinajstić information content (AvgIpc) is 2.17. The Bertz CT molecular complexity index is 311. The number of hydrogen-bond acceptors (Lipinski definition) is 3. The van der Waals surface area contributed by atoms with E-state index in [1.807, 2.05) is 0 Å². The van der Waals surface area contributed by atoms with Gasteiger partial charge in [-0.3, -0.25) is 4.79 Å². The van der Waals surface area contributed by atoms with Crippen LogP contribution in [0.1, 0.15) is 10.4 Å². The van der Waals surface area contributed by atoms with Gasteiger partial charge in [-0.1, -0.05) is 0 Å². The van der Waals surface area contributed by atoms with Crippen molar-refractivity contribution in [2.75, 3.05) is 5.75 Å². The van der Waals surface area contributed by atoms with Crippen LogP contribution in [0, 0.1) is 0 Å². The van der Waals surface area contributed by atoms with Crippen molar-refractivity contribution in [3.8, 4) is 5.75 Å². The second kappa shape index (κ2) is 4.95. The Morgan fingerprint density at radius 3 is 2.36 bits per heavy atom. The summed E-state index contributed by atoms with van der Waals surface area (Å²) in [5.74, 6) is -0.0256. The van der Waals surface area contributed by atoms with E-state index in [-0.39, 0.29) is 17.3 Å². The van der Waals surface area contributed by atoms with Gasteiger partial charge in [-0.2, -0.15) is 21.4 Å². The molecule has 0 saturated carbocycles. The molecule has 0 unspecified atom stereocenters. The molecule has 14 heavy (non-hydrogen) atoms. The van der Waals surface area contributed by atoms with E-state index in [4.69, 9.17) is 0 Å². The first-order valence-corrected chi connectivity index (χ1v) is 4.45. The summed E-state index contributed by atoms with van der Waals surface area (Å²) >= 11 is 3.81. The molecule has 0 atom stereocenters. The fourth-order valence-corrected chi connectivity index (χ4v) is 1.10. The maximum absolute atomic E-state index is 11.7. The number of ether oxygens (including phenoxy) is 1. The zero-order valence-electron chi connectivity index (χ0n) is 7.11. The summed E-state index contributed by atoms with van der Waals surface area (Å²) < 4.78 is 27.6. The van der Waals surface area contributed by atoms with Crippen molar-refractivity contribution in [2.45, 2.75) is 6.61 Å². The van der Waals surface area contributed by atoms with Crippen molar-refractivity contribution in [1.29, 1.82) is 0 Å². The molecule has 0 aliphatic heterocycles. The van der Waals surface area contributed by atoms with Gasteiger partial charge < -0.3 is 4.74 Å². The third-order valence-electron chi connectivity index (χ3n) is 1.55. The minimum atomic E-state index is -2.85. The van der Waals surface area contributed by atoms with Crippen LogP contribution in [0.4, 0.5) is 8.78 Å². The van der Waals surface area contributed by atoms with Gasteiger partial charge in [0.25, 0.3) is 0 Å². The number of rotatable bonds is 4. The Labute approximate surface area is 85.3 Å². The number of benzene rings is 1. The van der Waals surface area contributed by atoms with E-state index >= 15 is 0 Å². The Hall–Kier alpha value is -1.10. The predicted molar refractivity (Wildman–Crippen MR) is 51.3 cm³/mol. The smallest absolute Gasteiger partial charge is 0.387 e. The monoisotopic (exact) mass is 218 g/mol. The Balaban J connectivity index is 2.73. The van der Waals surface area contributed by atoms with E-state index in [2.05, 4.69) is 17.4 Å². The van der Waals surface area contributed by atoms with Gasteiger partial charge >= 0.3 is 6.61 Å². The quantitative estimate of drug-likeness (QED) is 0.620. The highest BCUT2D eigenvalue weighted by atomic mass is 32.1. The highest BCUT2D eigenvalue weighted by Gasteiger charge is 2.06. The lowest BCUT2D eigenvalue weighted by molar-refractivity contribution is -0.0498. The zero-order chi connectivity index (χ0) is 10.6. The van der Waals surface area contributed by atoms with Gasteiger partial charge in [-0.05, 0) is 24.3 Å². The normalized spacial score (nSPS) is 10.3. The number of thiol groups is 1. The number of ketones is 1. The van der Waals surface area contributed by atoms with Gasteiger partial charge in [-0.25, -0.2) is 0 Å². The lowest BCUT2D eigenvalue weighted by Gasteiger charge is -2.04. The maximum atomic E-state index is 11.7. The van der Waals surface area contributed by atoms with Crippen LogP contribution >= 0.6 is 12.6 Å². The van der Waals surface area contributed by atoms with Crippen LogP contribution < -0.4 is 4.74 Å². The summed E-state index contributed by atoms with van der Waals surface area (Å²) in [6.45, 7) is -2.85. The minimum Gasteiger partial charge on any atom is -0.435 e. The number of alkyl halides is 2. The Morgan fingerprint density at radius 2 is 1.93 bits per heavy atom. The predicted octanol–water partition coefficient (Wildman–Crippen LogP) is 2.40. The molecule has 0 aliphatic carbocycles. The maximum Gasteiger partial charge on any atom is 0.387 e. The van der Waals surface area contributed by atoms with E-state index in [9.17, 15) is 13.6 Å². The average molecular weight is 218 g/mol. The number of carbonyl (C=O) groups excluding carboxylic acids is 1. The summed E-state index contributed by atoms with van der Waals surface area (Å²) in [6.07, 6.45) is 0. The first kappa shape index (κ1) is 11.0. The molecule has 0 aliphatic rings. The molecule has 0 N–H and O–H groups in total. The van der Waals surface area contributed by atoms with Gasteiger partial charge in [0.1, 0.15) is 5.75 Å². The zero-order valence-corrected chi connectivity index (χ0v) is 8.01. The van der Waals surface area contributed by atoms with Crippen LogP contribution in [0.15, 0.2) is 24.3 Å². The van der Waals surface area contributed by atoms with E-state index in [0.717, 1.165) is 0 Å². The van der Waals surface area contributed by atoms with Crippen molar-refractivity contribution < 1.29 is 18.3 Å². The number of halogens is 2. The molecule has 0 radical (unpaired) electrons. The lowest BCUT2D eigenvalue weighted by atomic mass is 10.1. The molecule has 0 bridgehead atoms. The summed E-state index contributed by atoms with van der Waals surface area (Å²) in [4.78, 5) is 11.1. The molecule has 0 fully saturated rings. The second-order valence-electron chi connectivity index (χ2n) is 2.48. The fourth-order valence-electron chi connectivity index (χ4n) is 0.914. The molecule has 0 amide bonds. The number of hydrogen-bond donors (Lipinski definition) is 1.